The summed E-state index contributed by atoms with van der Waals surface area (Å²) in [5.74, 6) is -0.203. The fraction of sp³-hybridized carbons (Fsp3) is 0.355. The van der Waals surface area contributed by atoms with E-state index in [2.05, 4.69) is 5.32 Å². The molecule has 0 radical (unpaired) electrons. The summed E-state index contributed by atoms with van der Waals surface area (Å²) in [6.45, 7) is 3.01. The highest BCUT2D eigenvalue weighted by atomic mass is 35.5. The summed E-state index contributed by atoms with van der Waals surface area (Å²) >= 11 is 12.5. The van der Waals surface area contributed by atoms with E-state index in [1.165, 1.54) is 35.2 Å². The van der Waals surface area contributed by atoms with Crippen molar-refractivity contribution in [2.24, 2.45) is 0 Å². The molecule has 4 rings (SSSR count). The van der Waals surface area contributed by atoms with E-state index in [1.54, 1.807) is 50.4 Å². The number of anilines is 1. The first-order valence-electron chi connectivity index (χ1n) is 13.8. The third-order valence-electron chi connectivity index (χ3n) is 7.40. The molecule has 0 saturated heterocycles. The molecule has 2 amide bonds. The molecular formula is C31H35Cl2N3O5S. The molecule has 3 aromatic rings. The van der Waals surface area contributed by atoms with E-state index in [-0.39, 0.29) is 39.1 Å². The van der Waals surface area contributed by atoms with Crippen LogP contribution in [0.4, 0.5) is 5.69 Å². The van der Waals surface area contributed by atoms with Gasteiger partial charge in [0.05, 0.1) is 17.7 Å². The van der Waals surface area contributed by atoms with Gasteiger partial charge in [0.25, 0.3) is 10.0 Å². The summed E-state index contributed by atoms with van der Waals surface area (Å²) in [6.07, 6.45) is 3.87. The van der Waals surface area contributed by atoms with Gasteiger partial charge >= 0.3 is 0 Å². The average molecular weight is 633 g/mol. The number of hydrogen-bond acceptors (Lipinski definition) is 5. The van der Waals surface area contributed by atoms with Gasteiger partial charge in [0.1, 0.15) is 18.3 Å². The van der Waals surface area contributed by atoms with Crippen LogP contribution in [0.15, 0.2) is 71.6 Å². The van der Waals surface area contributed by atoms with Gasteiger partial charge in [-0.1, -0.05) is 65.9 Å². The lowest BCUT2D eigenvalue weighted by atomic mass is 10.1. The van der Waals surface area contributed by atoms with Crippen molar-refractivity contribution in [3.63, 3.8) is 0 Å². The normalized spacial score (nSPS) is 14.3. The van der Waals surface area contributed by atoms with Crippen LogP contribution in [-0.2, 0) is 26.2 Å². The molecule has 1 saturated carbocycles. The molecule has 0 heterocycles. The molecule has 42 heavy (non-hydrogen) atoms. The van der Waals surface area contributed by atoms with Gasteiger partial charge in [0, 0.05) is 22.6 Å². The molecule has 0 aliphatic heterocycles. The van der Waals surface area contributed by atoms with E-state index in [0.29, 0.717) is 5.75 Å². The minimum Gasteiger partial charge on any atom is -0.497 e. The number of halogens is 2. The fourth-order valence-corrected chi connectivity index (χ4v) is 6.86. The topological polar surface area (TPSA) is 96.0 Å². The van der Waals surface area contributed by atoms with Gasteiger partial charge in [0.15, 0.2) is 0 Å². The molecule has 1 atom stereocenters. The lowest BCUT2D eigenvalue weighted by Gasteiger charge is -2.32. The van der Waals surface area contributed by atoms with Crippen LogP contribution in [0.1, 0.15) is 43.7 Å². The number of aryl methyl sites for hydroxylation is 1. The number of rotatable bonds is 11. The van der Waals surface area contributed by atoms with Gasteiger partial charge < -0.3 is 15.0 Å². The quantitative estimate of drug-likeness (QED) is 0.281. The van der Waals surface area contributed by atoms with Crippen molar-refractivity contribution in [1.82, 2.24) is 10.2 Å². The Morgan fingerprint density at radius 3 is 2.14 bits per heavy atom. The highest BCUT2D eigenvalue weighted by Crippen LogP contribution is 2.30. The molecule has 0 spiro atoms. The Morgan fingerprint density at radius 2 is 1.57 bits per heavy atom. The van der Waals surface area contributed by atoms with Crippen LogP contribution in [0, 0.1) is 6.92 Å². The highest BCUT2D eigenvalue weighted by molar-refractivity contribution is 7.92. The van der Waals surface area contributed by atoms with E-state index >= 15 is 0 Å². The second kappa shape index (κ2) is 13.8. The number of amides is 2. The lowest BCUT2D eigenvalue weighted by Crippen LogP contribution is -2.52. The summed E-state index contributed by atoms with van der Waals surface area (Å²) in [6, 6.07) is 17.0. The molecule has 1 aliphatic carbocycles. The van der Waals surface area contributed by atoms with E-state index < -0.39 is 28.5 Å². The van der Waals surface area contributed by atoms with Gasteiger partial charge in [-0.15, -0.1) is 0 Å². The third-order valence-corrected chi connectivity index (χ3v) is 9.63. The van der Waals surface area contributed by atoms with Crippen molar-refractivity contribution >= 4 is 50.7 Å². The van der Waals surface area contributed by atoms with Crippen molar-refractivity contribution in [2.75, 3.05) is 18.0 Å². The van der Waals surface area contributed by atoms with E-state index in [1.807, 2.05) is 6.92 Å². The van der Waals surface area contributed by atoms with Crippen LogP contribution >= 0.6 is 23.2 Å². The molecule has 0 aromatic heterocycles. The number of hydrogen-bond donors (Lipinski definition) is 1. The second-order valence-electron chi connectivity index (χ2n) is 10.5. The Bertz CT molecular complexity index is 1490. The molecule has 8 nitrogen and oxygen atoms in total. The molecule has 1 N–H and O–H groups in total. The first-order chi connectivity index (χ1) is 20.0. The molecular weight excluding hydrogens is 597 g/mol. The molecule has 224 valence electrons. The first-order valence-corrected chi connectivity index (χ1v) is 16.0. The summed E-state index contributed by atoms with van der Waals surface area (Å²) in [5, 5.41) is 3.49. The SMILES string of the molecule is COc1ccc(CN(C(=O)CN(c2cc(Cl)cc(Cl)c2)S(=O)(=O)c2ccc(C)cc2)C(C)C(=O)NC2CCCC2)cc1. The number of methoxy groups -OCH3 is 1. The van der Waals surface area contributed by atoms with Crippen LogP contribution < -0.4 is 14.4 Å². The standard InChI is InChI=1S/C31H35Cl2N3O5S/c1-21-8-14-29(15-9-21)42(39,40)36(27-17-24(32)16-25(33)18-27)20-30(37)35(19-23-10-12-28(41-3)13-11-23)22(2)31(38)34-26-6-4-5-7-26/h8-18,22,26H,4-7,19-20H2,1-3H3,(H,34,38). The largest absolute Gasteiger partial charge is 0.497 e. The van der Waals surface area contributed by atoms with Crippen LogP contribution in [-0.4, -0.2) is 50.9 Å². The number of nitrogens with zero attached hydrogens (tertiary/aromatic N) is 2. The van der Waals surface area contributed by atoms with Crippen molar-refractivity contribution in [2.45, 2.75) is 63.1 Å². The summed E-state index contributed by atoms with van der Waals surface area (Å²) in [7, 11) is -2.67. The van der Waals surface area contributed by atoms with E-state index in [0.717, 1.165) is 41.1 Å². The third kappa shape index (κ3) is 7.76. The molecule has 3 aromatic carbocycles. The van der Waals surface area contributed by atoms with Gasteiger partial charge in [-0.2, -0.15) is 0 Å². The van der Waals surface area contributed by atoms with Gasteiger partial charge in [0.2, 0.25) is 11.8 Å². The van der Waals surface area contributed by atoms with Crippen molar-refractivity contribution in [3.05, 3.63) is 87.9 Å². The maximum absolute atomic E-state index is 14.1. The molecule has 1 unspecified atom stereocenters. The van der Waals surface area contributed by atoms with Gasteiger partial charge in [-0.3, -0.25) is 13.9 Å². The van der Waals surface area contributed by atoms with Crippen LogP contribution in [0.3, 0.4) is 0 Å². The molecule has 1 aliphatic rings. The molecule has 0 bridgehead atoms. The lowest BCUT2D eigenvalue weighted by molar-refractivity contribution is -0.139. The Labute approximate surface area is 257 Å². The molecule has 1 fully saturated rings. The van der Waals surface area contributed by atoms with Gasteiger partial charge in [-0.05, 0) is 74.7 Å². The Hall–Kier alpha value is -3.27. The number of carbonyl (C=O) groups is 2. The smallest absolute Gasteiger partial charge is 0.264 e. The monoisotopic (exact) mass is 631 g/mol. The zero-order valence-corrected chi connectivity index (χ0v) is 26.2. The number of sulfonamides is 1. The van der Waals surface area contributed by atoms with Gasteiger partial charge in [-0.25, -0.2) is 8.42 Å². The fourth-order valence-electron chi connectivity index (χ4n) is 4.95. The van der Waals surface area contributed by atoms with Crippen LogP contribution in [0.25, 0.3) is 0 Å². The Kier molecular flexibility index (Phi) is 10.4. The first kappa shape index (κ1) is 31.7. The predicted molar refractivity (Wildman–Crippen MR) is 166 cm³/mol. The Balaban J connectivity index is 1.70. The zero-order valence-electron chi connectivity index (χ0n) is 23.8. The number of carbonyl (C=O) groups excluding carboxylic acids is 2. The number of nitrogens with one attached hydrogen (secondary N) is 1. The minimum absolute atomic E-state index is 0.00530. The summed E-state index contributed by atoms with van der Waals surface area (Å²) in [4.78, 5) is 28.8. The van der Waals surface area contributed by atoms with Crippen LogP contribution in [0.5, 0.6) is 5.75 Å². The summed E-state index contributed by atoms with van der Waals surface area (Å²) in [5.41, 5.74) is 1.77. The predicted octanol–water partition coefficient (Wildman–Crippen LogP) is 5.98. The summed E-state index contributed by atoms with van der Waals surface area (Å²) < 4.78 is 34.2. The minimum atomic E-state index is -4.23. The van der Waals surface area contributed by atoms with E-state index in [9.17, 15) is 18.0 Å². The van der Waals surface area contributed by atoms with Crippen molar-refractivity contribution in [3.8, 4) is 5.75 Å². The molecule has 11 heteroatoms. The second-order valence-corrected chi connectivity index (χ2v) is 13.2. The number of ether oxygens (including phenoxy) is 1. The van der Waals surface area contributed by atoms with Crippen molar-refractivity contribution < 1.29 is 22.7 Å². The maximum atomic E-state index is 14.1. The average Bonchev–Trinajstić information content (AvgIpc) is 3.47. The van der Waals surface area contributed by atoms with E-state index in [4.69, 9.17) is 27.9 Å². The Morgan fingerprint density at radius 1 is 0.976 bits per heavy atom. The zero-order chi connectivity index (χ0) is 30.4. The van der Waals surface area contributed by atoms with Crippen molar-refractivity contribution in [1.29, 1.82) is 0 Å². The van der Waals surface area contributed by atoms with Crippen LogP contribution in [0.2, 0.25) is 10.0 Å². The maximum Gasteiger partial charge on any atom is 0.264 e. The number of benzene rings is 3. The highest BCUT2D eigenvalue weighted by Gasteiger charge is 2.33.